The molecule has 5 heteroatoms. The van der Waals surface area contributed by atoms with Crippen LogP contribution < -0.4 is 5.32 Å². The standard InChI is InChI=1S/C16H21NO4/c1-4-11-16(2,15(20)21-3)17-14(19)10-7-12-5-8-13(18)9-6-12/h5-10,18H,4,11H2,1-3H3,(H,17,19)/b10-7+. The van der Waals surface area contributed by atoms with Crippen molar-refractivity contribution in [2.45, 2.75) is 32.2 Å². The van der Waals surface area contributed by atoms with Gasteiger partial charge in [0.15, 0.2) is 0 Å². The fraction of sp³-hybridized carbons (Fsp3) is 0.375. The lowest BCUT2D eigenvalue weighted by Gasteiger charge is -2.26. The van der Waals surface area contributed by atoms with Crippen molar-refractivity contribution in [2.75, 3.05) is 7.11 Å². The first-order valence-corrected chi connectivity index (χ1v) is 6.79. The molecule has 0 bridgehead atoms. The van der Waals surface area contributed by atoms with Crippen LogP contribution in [-0.2, 0) is 14.3 Å². The predicted octanol–water partition coefficient (Wildman–Crippen LogP) is 2.25. The minimum atomic E-state index is -1.03. The van der Waals surface area contributed by atoms with Crippen molar-refractivity contribution >= 4 is 18.0 Å². The van der Waals surface area contributed by atoms with E-state index in [2.05, 4.69) is 5.32 Å². The molecule has 1 amide bonds. The minimum absolute atomic E-state index is 0.165. The van der Waals surface area contributed by atoms with Crippen LogP contribution in [0.2, 0.25) is 0 Å². The van der Waals surface area contributed by atoms with E-state index in [1.165, 1.54) is 25.3 Å². The van der Waals surface area contributed by atoms with Crippen LogP contribution in [0.5, 0.6) is 5.75 Å². The zero-order valence-electron chi connectivity index (χ0n) is 12.6. The number of hydrogen-bond acceptors (Lipinski definition) is 4. The zero-order valence-corrected chi connectivity index (χ0v) is 12.6. The van der Waals surface area contributed by atoms with Gasteiger partial charge in [0, 0.05) is 6.08 Å². The van der Waals surface area contributed by atoms with Gasteiger partial charge >= 0.3 is 5.97 Å². The Bertz CT molecular complexity index is 522. The van der Waals surface area contributed by atoms with Gasteiger partial charge in [0.1, 0.15) is 11.3 Å². The molecule has 0 aliphatic rings. The molecule has 0 fully saturated rings. The third kappa shape index (κ3) is 4.95. The molecule has 0 aliphatic carbocycles. The van der Waals surface area contributed by atoms with E-state index in [-0.39, 0.29) is 11.7 Å². The highest BCUT2D eigenvalue weighted by atomic mass is 16.5. The number of carbonyl (C=O) groups excluding carboxylic acids is 2. The number of esters is 1. The van der Waals surface area contributed by atoms with Gasteiger partial charge < -0.3 is 15.2 Å². The van der Waals surface area contributed by atoms with Crippen LogP contribution in [0.25, 0.3) is 6.08 Å². The molecule has 5 nitrogen and oxygen atoms in total. The molecule has 0 aromatic heterocycles. The summed E-state index contributed by atoms with van der Waals surface area (Å²) in [5, 5.41) is 11.9. The first-order valence-electron chi connectivity index (χ1n) is 6.79. The highest BCUT2D eigenvalue weighted by molar-refractivity contribution is 5.96. The molecule has 1 aromatic rings. The molecule has 0 saturated carbocycles. The number of phenolic OH excluding ortho intramolecular Hbond substituents is 1. The van der Waals surface area contributed by atoms with Crippen molar-refractivity contribution in [3.8, 4) is 5.75 Å². The Balaban J connectivity index is 2.74. The quantitative estimate of drug-likeness (QED) is 0.622. The second kappa shape index (κ2) is 7.47. The number of methoxy groups -OCH3 is 1. The van der Waals surface area contributed by atoms with E-state index in [4.69, 9.17) is 4.74 Å². The molecular weight excluding hydrogens is 270 g/mol. The number of rotatable bonds is 6. The van der Waals surface area contributed by atoms with Crippen LogP contribution in [0.15, 0.2) is 30.3 Å². The molecule has 1 unspecified atom stereocenters. The summed E-state index contributed by atoms with van der Waals surface area (Å²) in [5.74, 6) is -0.669. The SMILES string of the molecule is CCCC(C)(NC(=O)/C=C/c1ccc(O)cc1)C(=O)OC. The Kier molecular flexibility index (Phi) is 5.96. The van der Waals surface area contributed by atoms with Crippen molar-refractivity contribution < 1.29 is 19.4 Å². The molecule has 1 rings (SSSR count). The van der Waals surface area contributed by atoms with Gasteiger partial charge in [-0.1, -0.05) is 25.5 Å². The first kappa shape index (κ1) is 16.8. The van der Waals surface area contributed by atoms with Crippen LogP contribution in [0.3, 0.4) is 0 Å². The Morgan fingerprint density at radius 3 is 2.48 bits per heavy atom. The second-order valence-corrected chi connectivity index (χ2v) is 4.99. The van der Waals surface area contributed by atoms with Gasteiger partial charge in [-0.25, -0.2) is 4.79 Å². The van der Waals surface area contributed by atoms with E-state index in [9.17, 15) is 14.7 Å². The van der Waals surface area contributed by atoms with Gasteiger partial charge in [0.05, 0.1) is 7.11 Å². The van der Waals surface area contributed by atoms with Crippen LogP contribution in [0.1, 0.15) is 32.3 Å². The summed E-state index contributed by atoms with van der Waals surface area (Å²) < 4.78 is 4.74. The van der Waals surface area contributed by atoms with E-state index in [0.29, 0.717) is 6.42 Å². The van der Waals surface area contributed by atoms with Gasteiger partial charge in [0.2, 0.25) is 5.91 Å². The van der Waals surface area contributed by atoms with Crippen LogP contribution >= 0.6 is 0 Å². The molecule has 1 atom stereocenters. The highest BCUT2D eigenvalue weighted by Gasteiger charge is 2.34. The van der Waals surface area contributed by atoms with Crippen molar-refractivity contribution in [3.63, 3.8) is 0 Å². The number of phenols is 1. The van der Waals surface area contributed by atoms with Gasteiger partial charge in [-0.05, 0) is 37.1 Å². The lowest BCUT2D eigenvalue weighted by molar-refractivity contribution is -0.150. The van der Waals surface area contributed by atoms with Gasteiger partial charge in [0.25, 0.3) is 0 Å². The molecule has 0 heterocycles. The van der Waals surface area contributed by atoms with Gasteiger partial charge in [-0.15, -0.1) is 0 Å². The summed E-state index contributed by atoms with van der Waals surface area (Å²) in [6.07, 6.45) is 4.20. The van der Waals surface area contributed by atoms with Crippen LogP contribution in [0.4, 0.5) is 0 Å². The number of ether oxygens (including phenoxy) is 1. The highest BCUT2D eigenvalue weighted by Crippen LogP contribution is 2.15. The molecule has 0 aliphatic heterocycles. The fourth-order valence-corrected chi connectivity index (χ4v) is 2.01. The van der Waals surface area contributed by atoms with E-state index >= 15 is 0 Å². The Hall–Kier alpha value is -2.30. The summed E-state index contributed by atoms with van der Waals surface area (Å²) in [7, 11) is 1.30. The maximum absolute atomic E-state index is 11.9. The maximum atomic E-state index is 11.9. The Labute approximate surface area is 124 Å². The molecule has 2 N–H and O–H groups in total. The molecule has 0 spiro atoms. The van der Waals surface area contributed by atoms with E-state index in [1.807, 2.05) is 6.92 Å². The number of amides is 1. The predicted molar refractivity (Wildman–Crippen MR) is 80.6 cm³/mol. The molecule has 114 valence electrons. The van der Waals surface area contributed by atoms with Crippen molar-refractivity contribution in [2.24, 2.45) is 0 Å². The normalized spacial score (nSPS) is 13.7. The maximum Gasteiger partial charge on any atom is 0.331 e. The van der Waals surface area contributed by atoms with Crippen molar-refractivity contribution in [1.29, 1.82) is 0 Å². The van der Waals surface area contributed by atoms with E-state index in [1.54, 1.807) is 25.1 Å². The van der Waals surface area contributed by atoms with Gasteiger partial charge in [-0.3, -0.25) is 4.79 Å². The molecule has 1 aromatic carbocycles. The topological polar surface area (TPSA) is 75.6 Å². The van der Waals surface area contributed by atoms with Gasteiger partial charge in [-0.2, -0.15) is 0 Å². The summed E-state index contributed by atoms with van der Waals surface area (Å²) >= 11 is 0. The monoisotopic (exact) mass is 291 g/mol. The number of hydrogen-bond donors (Lipinski definition) is 2. The van der Waals surface area contributed by atoms with Crippen LogP contribution in [0, 0.1) is 0 Å². The summed E-state index contributed by atoms with van der Waals surface area (Å²) in [4.78, 5) is 23.7. The smallest absolute Gasteiger partial charge is 0.331 e. The summed E-state index contributed by atoms with van der Waals surface area (Å²) in [5.41, 5.74) is -0.252. The molecule has 21 heavy (non-hydrogen) atoms. The summed E-state index contributed by atoms with van der Waals surface area (Å²) in [6, 6.07) is 6.44. The van der Waals surface area contributed by atoms with Crippen molar-refractivity contribution in [3.05, 3.63) is 35.9 Å². The minimum Gasteiger partial charge on any atom is -0.508 e. The van der Waals surface area contributed by atoms with E-state index < -0.39 is 11.5 Å². The number of carbonyl (C=O) groups is 2. The number of benzene rings is 1. The Morgan fingerprint density at radius 1 is 1.33 bits per heavy atom. The average molecular weight is 291 g/mol. The average Bonchev–Trinajstić information content (AvgIpc) is 2.46. The first-order chi connectivity index (χ1) is 9.91. The van der Waals surface area contributed by atoms with Crippen LogP contribution in [-0.4, -0.2) is 29.6 Å². The van der Waals surface area contributed by atoms with Crippen molar-refractivity contribution in [1.82, 2.24) is 5.32 Å². The second-order valence-electron chi connectivity index (χ2n) is 4.99. The third-order valence-corrected chi connectivity index (χ3v) is 3.11. The lowest BCUT2D eigenvalue weighted by atomic mass is 9.96. The molecule has 0 radical (unpaired) electrons. The number of aromatic hydroxyl groups is 1. The Morgan fingerprint density at radius 2 is 1.95 bits per heavy atom. The lowest BCUT2D eigenvalue weighted by Crippen LogP contribution is -2.52. The largest absolute Gasteiger partial charge is 0.508 e. The molecule has 0 saturated heterocycles. The fourth-order valence-electron chi connectivity index (χ4n) is 2.01. The summed E-state index contributed by atoms with van der Waals surface area (Å²) in [6.45, 7) is 3.58. The zero-order chi connectivity index (χ0) is 15.9. The molecular formula is C16H21NO4. The number of nitrogens with one attached hydrogen (secondary N) is 1. The van der Waals surface area contributed by atoms with E-state index in [0.717, 1.165) is 12.0 Å². The third-order valence-electron chi connectivity index (χ3n) is 3.11.